The van der Waals surface area contributed by atoms with Crippen LogP contribution in [0, 0.1) is 5.92 Å². The predicted octanol–water partition coefficient (Wildman–Crippen LogP) is 1.60. The van der Waals surface area contributed by atoms with Gasteiger partial charge in [0.05, 0.1) is 12.3 Å². The highest BCUT2D eigenvalue weighted by atomic mass is 16.7. The van der Waals surface area contributed by atoms with Gasteiger partial charge in [0, 0.05) is 33.8 Å². The fourth-order valence-corrected chi connectivity index (χ4v) is 2.27. The van der Waals surface area contributed by atoms with Crippen LogP contribution >= 0.6 is 0 Å². The molecule has 0 saturated carbocycles. The molecule has 1 N–H and O–H groups in total. The third-order valence-electron chi connectivity index (χ3n) is 3.14. The van der Waals surface area contributed by atoms with Crippen molar-refractivity contribution in [1.29, 1.82) is 0 Å². The van der Waals surface area contributed by atoms with Gasteiger partial charge in [-0.25, -0.2) is 4.98 Å². The average molecular weight is 252 g/mol. The number of nitrogens with zero attached hydrogens (tertiary/aromatic N) is 1. The molecular weight excluding hydrogens is 232 g/mol. The van der Waals surface area contributed by atoms with E-state index >= 15 is 0 Å². The van der Waals surface area contributed by atoms with Crippen LogP contribution in [0.15, 0.2) is 12.1 Å². The van der Waals surface area contributed by atoms with Gasteiger partial charge in [0.1, 0.15) is 5.82 Å². The van der Waals surface area contributed by atoms with Crippen molar-refractivity contribution >= 4 is 5.82 Å². The van der Waals surface area contributed by atoms with Gasteiger partial charge in [0.2, 0.25) is 6.29 Å². The molecule has 18 heavy (non-hydrogen) atoms. The molecule has 1 aromatic heterocycles. The summed E-state index contributed by atoms with van der Waals surface area (Å²) in [6, 6.07) is 4.03. The minimum Gasteiger partial charge on any atom is -0.384 e. The van der Waals surface area contributed by atoms with E-state index in [-0.39, 0.29) is 0 Å². The van der Waals surface area contributed by atoms with Crippen molar-refractivity contribution in [2.45, 2.75) is 12.7 Å². The minimum atomic E-state index is -0.409. The fraction of sp³-hybridized carbons (Fsp3) is 0.615. The van der Waals surface area contributed by atoms with E-state index in [1.54, 1.807) is 21.3 Å². The van der Waals surface area contributed by atoms with Crippen LogP contribution in [0.5, 0.6) is 0 Å². The number of ether oxygens (including phenoxy) is 3. The number of fused-ring (bicyclic) bond motifs is 1. The number of nitrogens with one attached hydrogen (secondary N) is 1. The lowest BCUT2D eigenvalue weighted by Gasteiger charge is -2.25. The highest BCUT2D eigenvalue weighted by molar-refractivity contribution is 5.47. The maximum atomic E-state index is 5.20. The van der Waals surface area contributed by atoms with Gasteiger partial charge in [-0.3, -0.25) is 0 Å². The lowest BCUT2D eigenvalue weighted by atomic mass is 9.96. The van der Waals surface area contributed by atoms with E-state index < -0.39 is 6.29 Å². The third kappa shape index (κ3) is 2.80. The van der Waals surface area contributed by atoms with Crippen molar-refractivity contribution in [3.8, 4) is 0 Å². The Labute approximate surface area is 107 Å². The SMILES string of the molecule is COC[C@H]1CNc2nc(C(OC)OC)ccc2C1. The highest BCUT2D eigenvalue weighted by Crippen LogP contribution is 2.26. The van der Waals surface area contributed by atoms with Crippen molar-refractivity contribution in [2.75, 3.05) is 39.8 Å². The van der Waals surface area contributed by atoms with Gasteiger partial charge in [0.15, 0.2) is 0 Å². The molecule has 0 unspecified atom stereocenters. The zero-order chi connectivity index (χ0) is 13.0. The van der Waals surface area contributed by atoms with Gasteiger partial charge in [0.25, 0.3) is 0 Å². The Morgan fingerprint density at radius 3 is 2.78 bits per heavy atom. The summed E-state index contributed by atoms with van der Waals surface area (Å²) in [5, 5.41) is 3.34. The van der Waals surface area contributed by atoms with E-state index in [1.807, 2.05) is 6.07 Å². The van der Waals surface area contributed by atoms with Crippen LogP contribution in [0.4, 0.5) is 5.82 Å². The lowest BCUT2D eigenvalue weighted by Crippen LogP contribution is -2.27. The minimum absolute atomic E-state index is 0.409. The first-order valence-electron chi connectivity index (χ1n) is 6.06. The smallest absolute Gasteiger partial charge is 0.200 e. The normalized spacial score (nSPS) is 18.6. The first-order valence-corrected chi connectivity index (χ1v) is 6.06. The number of anilines is 1. The lowest BCUT2D eigenvalue weighted by molar-refractivity contribution is -0.108. The van der Waals surface area contributed by atoms with Crippen LogP contribution in [0.3, 0.4) is 0 Å². The summed E-state index contributed by atoms with van der Waals surface area (Å²) in [7, 11) is 4.95. The molecule has 1 aromatic rings. The molecule has 2 rings (SSSR count). The number of aromatic nitrogens is 1. The molecular formula is C13H20N2O3. The van der Waals surface area contributed by atoms with Crippen molar-refractivity contribution < 1.29 is 14.2 Å². The zero-order valence-corrected chi connectivity index (χ0v) is 11.1. The Bertz CT molecular complexity index is 394. The Kier molecular flexibility index (Phi) is 4.52. The van der Waals surface area contributed by atoms with Gasteiger partial charge >= 0.3 is 0 Å². The number of hydrogen-bond donors (Lipinski definition) is 1. The monoisotopic (exact) mass is 252 g/mol. The quantitative estimate of drug-likeness (QED) is 0.807. The zero-order valence-electron chi connectivity index (χ0n) is 11.1. The second-order valence-electron chi connectivity index (χ2n) is 4.45. The summed E-state index contributed by atoms with van der Waals surface area (Å²) in [6.07, 6.45) is 0.586. The number of rotatable bonds is 5. The molecule has 0 saturated heterocycles. The van der Waals surface area contributed by atoms with Gasteiger partial charge < -0.3 is 19.5 Å². The van der Waals surface area contributed by atoms with Crippen molar-refractivity contribution in [2.24, 2.45) is 5.92 Å². The van der Waals surface area contributed by atoms with Gasteiger partial charge in [-0.05, 0) is 18.1 Å². The number of hydrogen-bond acceptors (Lipinski definition) is 5. The Morgan fingerprint density at radius 1 is 1.33 bits per heavy atom. The molecule has 0 bridgehead atoms. The Balaban J connectivity index is 2.14. The molecule has 1 atom stereocenters. The second kappa shape index (κ2) is 6.13. The van der Waals surface area contributed by atoms with Crippen molar-refractivity contribution in [3.63, 3.8) is 0 Å². The Hall–Kier alpha value is -1.17. The molecule has 1 aliphatic heterocycles. The molecule has 0 fully saturated rings. The molecule has 100 valence electrons. The summed E-state index contributed by atoms with van der Waals surface area (Å²) in [5.74, 6) is 1.44. The molecule has 0 aliphatic carbocycles. The molecule has 0 radical (unpaired) electrons. The number of methoxy groups -OCH3 is 3. The summed E-state index contributed by atoms with van der Waals surface area (Å²) < 4.78 is 15.6. The van der Waals surface area contributed by atoms with Gasteiger partial charge in [-0.2, -0.15) is 0 Å². The topological polar surface area (TPSA) is 52.6 Å². The van der Waals surface area contributed by atoms with Crippen molar-refractivity contribution in [1.82, 2.24) is 4.98 Å². The van der Waals surface area contributed by atoms with Gasteiger partial charge in [-0.15, -0.1) is 0 Å². The van der Waals surface area contributed by atoms with Crippen LogP contribution < -0.4 is 5.32 Å². The molecule has 5 nitrogen and oxygen atoms in total. The average Bonchev–Trinajstić information content (AvgIpc) is 2.40. The summed E-state index contributed by atoms with van der Waals surface area (Å²) in [4.78, 5) is 4.55. The summed E-state index contributed by atoms with van der Waals surface area (Å²) >= 11 is 0. The van der Waals surface area contributed by atoms with E-state index in [0.717, 1.165) is 31.1 Å². The predicted molar refractivity (Wildman–Crippen MR) is 68.6 cm³/mol. The fourth-order valence-electron chi connectivity index (χ4n) is 2.27. The first-order chi connectivity index (χ1) is 8.78. The maximum absolute atomic E-state index is 5.20. The van der Waals surface area contributed by atoms with Crippen LogP contribution in [0.2, 0.25) is 0 Å². The highest BCUT2D eigenvalue weighted by Gasteiger charge is 2.21. The van der Waals surface area contributed by atoms with E-state index in [0.29, 0.717) is 5.92 Å². The van der Waals surface area contributed by atoms with Crippen LogP contribution in [-0.2, 0) is 20.6 Å². The van der Waals surface area contributed by atoms with E-state index in [1.165, 1.54) is 5.56 Å². The largest absolute Gasteiger partial charge is 0.384 e. The summed E-state index contributed by atoms with van der Waals surface area (Å²) in [6.45, 7) is 1.66. The molecule has 1 aliphatic rings. The second-order valence-corrected chi connectivity index (χ2v) is 4.45. The number of pyridine rings is 1. The standard InChI is InChI=1S/C13H20N2O3/c1-16-8-9-6-10-4-5-11(13(17-2)18-3)15-12(10)14-7-9/h4-5,9,13H,6-8H2,1-3H3,(H,14,15)/t9-/m1/s1. The maximum Gasteiger partial charge on any atom is 0.200 e. The van der Waals surface area contributed by atoms with Crippen LogP contribution in [-0.4, -0.2) is 39.5 Å². The molecule has 2 heterocycles. The first kappa shape index (κ1) is 13.3. The van der Waals surface area contributed by atoms with Crippen LogP contribution in [0.25, 0.3) is 0 Å². The van der Waals surface area contributed by atoms with E-state index in [9.17, 15) is 0 Å². The Morgan fingerprint density at radius 2 is 2.11 bits per heavy atom. The molecule has 0 aromatic carbocycles. The molecule has 5 heteroatoms. The third-order valence-corrected chi connectivity index (χ3v) is 3.14. The van der Waals surface area contributed by atoms with Gasteiger partial charge in [-0.1, -0.05) is 6.07 Å². The summed E-state index contributed by atoms with van der Waals surface area (Å²) in [5.41, 5.74) is 2.01. The van der Waals surface area contributed by atoms with E-state index in [2.05, 4.69) is 16.4 Å². The molecule has 0 amide bonds. The van der Waals surface area contributed by atoms with Crippen LogP contribution in [0.1, 0.15) is 17.5 Å². The molecule has 0 spiro atoms. The van der Waals surface area contributed by atoms with E-state index in [4.69, 9.17) is 14.2 Å². The van der Waals surface area contributed by atoms with Crippen molar-refractivity contribution in [3.05, 3.63) is 23.4 Å².